The molecule has 5 heteroatoms. The van der Waals surface area contributed by atoms with Gasteiger partial charge in [0.2, 0.25) is 0 Å². The van der Waals surface area contributed by atoms with Gasteiger partial charge in [-0.05, 0) is 38.5 Å². The normalized spacial score (nSPS) is 30.1. The van der Waals surface area contributed by atoms with Gasteiger partial charge in [0, 0.05) is 5.02 Å². The van der Waals surface area contributed by atoms with E-state index < -0.39 is 21.8 Å². The molecule has 0 radical (unpaired) electrons. The number of hydrogen-bond acceptors (Lipinski definition) is 3. The van der Waals surface area contributed by atoms with E-state index in [0.29, 0.717) is 5.02 Å². The molecule has 0 N–H and O–H groups in total. The van der Waals surface area contributed by atoms with Crippen LogP contribution in [0.25, 0.3) is 0 Å². The largest absolute Gasteiger partial charge is 0.455 e. The lowest BCUT2D eigenvalue weighted by atomic mass is 9.76. The second-order valence-electron chi connectivity index (χ2n) is 5.37. The summed E-state index contributed by atoms with van der Waals surface area (Å²) in [5.41, 5.74) is -0.401. The van der Waals surface area contributed by atoms with Crippen molar-refractivity contribution in [2.45, 2.75) is 31.2 Å². The third kappa shape index (κ3) is 2.32. The van der Waals surface area contributed by atoms with E-state index in [0.717, 1.165) is 5.56 Å². The topological polar surface area (TPSA) is 43.4 Å². The number of rotatable bonds is 1. The van der Waals surface area contributed by atoms with Gasteiger partial charge in [-0.15, -0.1) is 0 Å². The van der Waals surface area contributed by atoms with Crippen LogP contribution >= 0.6 is 27.5 Å². The maximum Gasteiger partial charge on any atom is 0.319 e. The van der Waals surface area contributed by atoms with E-state index in [2.05, 4.69) is 15.9 Å². The minimum Gasteiger partial charge on any atom is -0.455 e. The zero-order valence-electron chi connectivity index (χ0n) is 10.9. The number of cyclic esters (lactones) is 1. The first-order valence-corrected chi connectivity index (χ1v) is 7.05. The van der Waals surface area contributed by atoms with Gasteiger partial charge in [0.05, 0.1) is 0 Å². The molecule has 1 heterocycles. The molecule has 1 aliphatic rings. The zero-order chi connectivity index (χ0) is 14.4. The second kappa shape index (κ2) is 4.60. The van der Waals surface area contributed by atoms with Crippen LogP contribution < -0.4 is 0 Å². The molecule has 19 heavy (non-hydrogen) atoms. The summed E-state index contributed by atoms with van der Waals surface area (Å²) in [6.07, 6.45) is -0.655. The van der Waals surface area contributed by atoms with Crippen LogP contribution in [0.3, 0.4) is 0 Å². The first-order valence-electron chi connectivity index (χ1n) is 5.87. The summed E-state index contributed by atoms with van der Waals surface area (Å²) in [5, 5.41) is 0.591. The van der Waals surface area contributed by atoms with Gasteiger partial charge < -0.3 is 4.74 Å². The Morgan fingerprint density at radius 1 is 1.16 bits per heavy atom. The Labute approximate surface area is 125 Å². The number of ketones is 1. The van der Waals surface area contributed by atoms with E-state index in [1.165, 1.54) is 0 Å². The maximum atomic E-state index is 12.5. The van der Waals surface area contributed by atoms with Gasteiger partial charge in [-0.3, -0.25) is 9.59 Å². The Balaban J connectivity index is 2.45. The highest BCUT2D eigenvalue weighted by atomic mass is 79.9. The molecule has 1 aliphatic heterocycles. The number of carbonyl (C=O) groups excluding carboxylic acids is 2. The number of carbonyl (C=O) groups is 2. The van der Waals surface area contributed by atoms with Crippen LogP contribution in [0.4, 0.5) is 0 Å². The monoisotopic (exact) mass is 344 g/mol. The molecule has 102 valence electrons. The summed E-state index contributed by atoms with van der Waals surface area (Å²) in [6, 6.07) is 6.92. The molecular weight excluding hydrogens is 332 g/mol. The fraction of sp³-hybridized carbons (Fsp3) is 0.429. The predicted octanol–water partition coefficient (Wildman–Crippen LogP) is 3.69. The van der Waals surface area contributed by atoms with Gasteiger partial charge in [0.25, 0.3) is 0 Å². The fourth-order valence-corrected chi connectivity index (χ4v) is 3.19. The fourth-order valence-electron chi connectivity index (χ4n) is 2.21. The molecule has 0 aliphatic carbocycles. The lowest BCUT2D eigenvalue weighted by Crippen LogP contribution is -2.54. The Hall–Kier alpha value is -0.870. The number of hydrogen-bond donors (Lipinski definition) is 0. The molecule has 1 aromatic rings. The predicted molar refractivity (Wildman–Crippen MR) is 76.4 cm³/mol. The average Bonchev–Trinajstić information content (AvgIpc) is 2.34. The van der Waals surface area contributed by atoms with Crippen LogP contribution in [0.5, 0.6) is 0 Å². The number of esters is 1. The molecule has 0 aromatic heterocycles. The Bertz CT molecular complexity index is 534. The van der Waals surface area contributed by atoms with E-state index in [1.54, 1.807) is 45.0 Å². The van der Waals surface area contributed by atoms with Crippen molar-refractivity contribution < 1.29 is 14.3 Å². The highest BCUT2D eigenvalue weighted by Crippen LogP contribution is 2.47. The Morgan fingerprint density at radius 2 is 1.68 bits per heavy atom. The highest BCUT2D eigenvalue weighted by molar-refractivity contribution is 9.10. The summed E-state index contributed by atoms with van der Waals surface area (Å²) in [7, 11) is 0. The third-order valence-corrected chi connectivity index (χ3v) is 4.44. The lowest BCUT2D eigenvalue weighted by Gasteiger charge is -2.41. The summed E-state index contributed by atoms with van der Waals surface area (Å²) >= 11 is 9.26. The molecule has 1 saturated heterocycles. The standard InChI is InChI=1S/C14H14BrClO3/c1-13(2)11(17)14(3,15)10(19-12(13)18)8-4-6-9(16)7-5-8/h4-7,10H,1-3H3/t10-,14+/m1/s1. The molecule has 0 saturated carbocycles. The number of Topliss-reactive ketones (excluding diaryl/α,β-unsaturated/α-hetero) is 1. The number of halogens is 2. The second-order valence-corrected chi connectivity index (χ2v) is 7.45. The van der Waals surface area contributed by atoms with Crippen molar-refractivity contribution in [2.24, 2.45) is 5.41 Å². The Morgan fingerprint density at radius 3 is 2.21 bits per heavy atom. The summed E-state index contributed by atoms with van der Waals surface area (Å²) in [4.78, 5) is 24.4. The van der Waals surface area contributed by atoms with Crippen molar-refractivity contribution in [3.63, 3.8) is 0 Å². The van der Waals surface area contributed by atoms with Crippen LogP contribution in [0.1, 0.15) is 32.4 Å². The van der Waals surface area contributed by atoms with Crippen LogP contribution in [0.2, 0.25) is 5.02 Å². The van der Waals surface area contributed by atoms with Crippen LogP contribution in [0.15, 0.2) is 24.3 Å². The van der Waals surface area contributed by atoms with Crippen molar-refractivity contribution >= 4 is 39.3 Å². The summed E-state index contributed by atoms with van der Waals surface area (Å²) < 4.78 is 4.52. The zero-order valence-corrected chi connectivity index (χ0v) is 13.2. The minimum atomic E-state index is -1.14. The van der Waals surface area contributed by atoms with Gasteiger partial charge in [-0.2, -0.15) is 0 Å². The van der Waals surface area contributed by atoms with Crippen molar-refractivity contribution in [1.82, 2.24) is 0 Å². The van der Waals surface area contributed by atoms with Gasteiger partial charge in [0.15, 0.2) is 5.78 Å². The first kappa shape index (κ1) is 14.5. The summed E-state index contributed by atoms with van der Waals surface area (Å²) in [6.45, 7) is 4.88. The van der Waals surface area contributed by atoms with Crippen LogP contribution in [-0.2, 0) is 14.3 Å². The molecule has 3 nitrogen and oxygen atoms in total. The minimum absolute atomic E-state index is 0.184. The van der Waals surface area contributed by atoms with Crippen molar-refractivity contribution in [3.8, 4) is 0 Å². The van der Waals surface area contributed by atoms with Crippen LogP contribution in [0, 0.1) is 5.41 Å². The van der Waals surface area contributed by atoms with Crippen molar-refractivity contribution in [2.75, 3.05) is 0 Å². The smallest absolute Gasteiger partial charge is 0.319 e. The van der Waals surface area contributed by atoms with Crippen LogP contribution in [-0.4, -0.2) is 16.1 Å². The molecule has 1 fully saturated rings. The van der Waals surface area contributed by atoms with E-state index in [4.69, 9.17) is 16.3 Å². The van der Waals surface area contributed by atoms with Gasteiger partial charge in [-0.25, -0.2) is 0 Å². The quantitative estimate of drug-likeness (QED) is 0.443. The van der Waals surface area contributed by atoms with E-state index >= 15 is 0 Å². The van der Waals surface area contributed by atoms with Gasteiger partial charge >= 0.3 is 5.97 Å². The van der Waals surface area contributed by atoms with Crippen molar-refractivity contribution in [1.29, 1.82) is 0 Å². The number of alkyl halides is 1. The lowest BCUT2D eigenvalue weighted by molar-refractivity contribution is -0.175. The van der Waals surface area contributed by atoms with E-state index in [1.807, 2.05) is 0 Å². The molecule has 0 amide bonds. The van der Waals surface area contributed by atoms with Crippen molar-refractivity contribution in [3.05, 3.63) is 34.9 Å². The highest BCUT2D eigenvalue weighted by Gasteiger charge is 2.57. The number of benzene rings is 1. The Kier molecular flexibility index (Phi) is 3.52. The summed E-state index contributed by atoms with van der Waals surface area (Å²) in [5.74, 6) is -0.689. The molecule has 1 aromatic carbocycles. The average molecular weight is 346 g/mol. The van der Waals surface area contributed by atoms with E-state index in [9.17, 15) is 9.59 Å². The SMILES string of the molecule is CC1(C)C(=O)O[C@H](c2ccc(Cl)cc2)[C@](C)(Br)C1=O. The molecule has 2 atom stereocenters. The third-order valence-electron chi connectivity index (χ3n) is 3.41. The molecule has 0 spiro atoms. The molecule has 0 unspecified atom stereocenters. The number of ether oxygens (including phenoxy) is 1. The van der Waals surface area contributed by atoms with E-state index in [-0.39, 0.29) is 5.78 Å². The first-order chi connectivity index (χ1) is 8.67. The molecular formula is C14H14BrClO3. The molecule has 0 bridgehead atoms. The maximum absolute atomic E-state index is 12.5. The molecule has 2 rings (SSSR count). The van der Waals surface area contributed by atoms with Gasteiger partial charge in [-0.1, -0.05) is 39.7 Å². The van der Waals surface area contributed by atoms with Gasteiger partial charge in [0.1, 0.15) is 15.8 Å².